The third-order valence-electron chi connectivity index (χ3n) is 3.25. The molecule has 1 saturated carbocycles. The molecule has 0 spiro atoms. The van der Waals surface area contributed by atoms with E-state index < -0.39 is 5.54 Å². The second-order valence-electron chi connectivity index (χ2n) is 5.44. The van der Waals surface area contributed by atoms with Crippen molar-refractivity contribution >= 4 is 0 Å². The predicted octanol–water partition coefficient (Wildman–Crippen LogP) is 2.00. The summed E-state index contributed by atoms with van der Waals surface area (Å²) < 4.78 is 0. The lowest BCUT2D eigenvalue weighted by Gasteiger charge is -2.34. The molecular formula is C13H25N3. The predicted molar refractivity (Wildman–Crippen MR) is 67.1 cm³/mol. The maximum absolute atomic E-state index is 9.26. The number of hydrogen-bond acceptors (Lipinski definition) is 3. The average molecular weight is 223 g/mol. The molecule has 1 rings (SSSR count). The quantitative estimate of drug-likeness (QED) is 0.717. The van der Waals surface area contributed by atoms with Gasteiger partial charge in [0.25, 0.3) is 0 Å². The van der Waals surface area contributed by atoms with E-state index in [4.69, 9.17) is 0 Å². The van der Waals surface area contributed by atoms with Crippen molar-refractivity contribution in [2.75, 3.05) is 19.6 Å². The molecule has 3 heteroatoms. The summed E-state index contributed by atoms with van der Waals surface area (Å²) in [6.07, 6.45) is 2.74. The van der Waals surface area contributed by atoms with Gasteiger partial charge in [-0.05, 0) is 46.1 Å². The van der Waals surface area contributed by atoms with Gasteiger partial charge in [0, 0.05) is 19.1 Å². The van der Waals surface area contributed by atoms with E-state index in [1.165, 1.54) is 12.8 Å². The van der Waals surface area contributed by atoms with E-state index in [0.29, 0.717) is 6.04 Å². The van der Waals surface area contributed by atoms with Crippen LogP contribution in [0.25, 0.3) is 0 Å². The molecule has 16 heavy (non-hydrogen) atoms. The molecule has 1 atom stereocenters. The molecule has 1 N–H and O–H groups in total. The maximum Gasteiger partial charge on any atom is 0.116 e. The molecule has 0 aromatic carbocycles. The van der Waals surface area contributed by atoms with E-state index in [1.807, 2.05) is 6.92 Å². The van der Waals surface area contributed by atoms with Gasteiger partial charge in [-0.2, -0.15) is 5.26 Å². The third-order valence-corrected chi connectivity index (χ3v) is 3.25. The highest BCUT2D eigenvalue weighted by Crippen LogP contribution is 2.30. The minimum Gasteiger partial charge on any atom is -0.299 e. The summed E-state index contributed by atoms with van der Waals surface area (Å²) in [5, 5.41) is 12.5. The van der Waals surface area contributed by atoms with Gasteiger partial charge in [0.1, 0.15) is 5.54 Å². The van der Waals surface area contributed by atoms with Gasteiger partial charge in [0.15, 0.2) is 0 Å². The summed E-state index contributed by atoms with van der Waals surface area (Å²) in [7, 11) is 0. The molecule has 0 radical (unpaired) electrons. The Morgan fingerprint density at radius 3 is 2.50 bits per heavy atom. The molecule has 3 nitrogen and oxygen atoms in total. The lowest BCUT2D eigenvalue weighted by molar-refractivity contribution is 0.173. The molecule has 0 bridgehead atoms. The van der Waals surface area contributed by atoms with Crippen molar-refractivity contribution < 1.29 is 0 Å². The van der Waals surface area contributed by atoms with Crippen LogP contribution in [0.15, 0.2) is 0 Å². The van der Waals surface area contributed by atoms with Gasteiger partial charge >= 0.3 is 0 Å². The molecule has 0 saturated heterocycles. The molecular weight excluding hydrogens is 198 g/mol. The fourth-order valence-electron chi connectivity index (χ4n) is 2.02. The van der Waals surface area contributed by atoms with E-state index in [-0.39, 0.29) is 0 Å². The van der Waals surface area contributed by atoms with Gasteiger partial charge in [-0.1, -0.05) is 6.92 Å². The first-order valence-electron chi connectivity index (χ1n) is 6.41. The van der Waals surface area contributed by atoms with Crippen LogP contribution in [0.4, 0.5) is 0 Å². The minimum absolute atomic E-state index is 0.409. The van der Waals surface area contributed by atoms with Crippen molar-refractivity contribution in [1.82, 2.24) is 10.2 Å². The lowest BCUT2D eigenvalue weighted by Crippen LogP contribution is -2.52. The van der Waals surface area contributed by atoms with Crippen molar-refractivity contribution in [3.05, 3.63) is 0 Å². The number of nitrogens with zero attached hydrogens (tertiary/aromatic N) is 2. The highest BCUT2D eigenvalue weighted by atomic mass is 15.2. The smallest absolute Gasteiger partial charge is 0.116 e. The molecule has 92 valence electrons. The Morgan fingerprint density at radius 1 is 1.50 bits per heavy atom. The molecule has 1 aliphatic rings. The van der Waals surface area contributed by atoms with Crippen LogP contribution in [0.1, 0.15) is 40.5 Å². The monoisotopic (exact) mass is 223 g/mol. The standard InChI is InChI=1S/C13H25N3/c1-5-15-13(4,9-14)10-16(11(2)3)8-12-6-7-12/h11-12,15H,5-8,10H2,1-4H3. The van der Waals surface area contributed by atoms with Gasteiger partial charge in [0.05, 0.1) is 6.07 Å². The van der Waals surface area contributed by atoms with Crippen molar-refractivity contribution in [2.24, 2.45) is 5.92 Å². The Balaban J connectivity index is 2.54. The molecule has 0 aromatic rings. The lowest BCUT2D eigenvalue weighted by atomic mass is 10.0. The van der Waals surface area contributed by atoms with Gasteiger partial charge < -0.3 is 0 Å². The van der Waals surface area contributed by atoms with Crippen molar-refractivity contribution in [2.45, 2.75) is 52.1 Å². The highest BCUT2D eigenvalue weighted by molar-refractivity contribution is 5.06. The molecule has 1 fully saturated rings. The van der Waals surface area contributed by atoms with Crippen LogP contribution in [0.2, 0.25) is 0 Å². The molecule has 1 aliphatic carbocycles. The Labute approximate surface area is 99.8 Å². The summed E-state index contributed by atoms with van der Waals surface area (Å²) in [5.74, 6) is 0.881. The SMILES string of the molecule is CCNC(C)(C#N)CN(CC1CC1)C(C)C. The first-order valence-corrected chi connectivity index (χ1v) is 6.41. The van der Waals surface area contributed by atoms with Gasteiger partial charge in [0.2, 0.25) is 0 Å². The first kappa shape index (κ1) is 13.5. The summed E-state index contributed by atoms with van der Waals surface area (Å²) in [6.45, 7) is 11.3. The number of nitrogens with one attached hydrogen (secondary N) is 1. The highest BCUT2D eigenvalue weighted by Gasteiger charge is 2.31. The Bertz CT molecular complexity index is 252. The van der Waals surface area contributed by atoms with E-state index in [1.54, 1.807) is 0 Å². The largest absolute Gasteiger partial charge is 0.299 e. The molecule has 0 amide bonds. The summed E-state index contributed by atoms with van der Waals surface area (Å²) >= 11 is 0. The minimum atomic E-state index is -0.409. The summed E-state index contributed by atoms with van der Waals surface area (Å²) in [4.78, 5) is 2.43. The Hall–Kier alpha value is -0.590. The van der Waals surface area contributed by atoms with Crippen LogP contribution >= 0.6 is 0 Å². The number of hydrogen-bond donors (Lipinski definition) is 1. The van der Waals surface area contributed by atoms with Crippen LogP contribution in [0.3, 0.4) is 0 Å². The van der Waals surface area contributed by atoms with Crippen LogP contribution in [-0.4, -0.2) is 36.1 Å². The normalized spacial score (nSPS) is 19.8. The van der Waals surface area contributed by atoms with Crippen LogP contribution < -0.4 is 5.32 Å². The zero-order chi connectivity index (χ0) is 12.2. The Kier molecular flexibility index (Phi) is 4.76. The number of nitriles is 1. The van der Waals surface area contributed by atoms with Crippen LogP contribution in [0, 0.1) is 17.2 Å². The van der Waals surface area contributed by atoms with Gasteiger partial charge in [-0.25, -0.2) is 0 Å². The van der Waals surface area contributed by atoms with E-state index in [2.05, 4.69) is 37.1 Å². The van der Waals surface area contributed by atoms with Gasteiger partial charge in [-0.3, -0.25) is 10.2 Å². The number of likely N-dealkylation sites (N-methyl/N-ethyl adjacent to an activating group) is 1. The molecule has 0 heterocycles. The summed E-state index contributed by atoms with van der Waals surface area (Å²) in [5.41, 5.74) is -0.409. The second-order valence-corrected chi connectivity index (χ2v) is 5.44. The second kappa shape index (κ2) is 5.65. The first-order chi connectivity index (χ1) is 7.50. The average Bonchev–Trinajstić information content (AvgIpc) is 3.01. The third kappa shape index (κ3) is 4.11. The van der Waals surface area contributed by atoms with E-state index in [0.717, 1.165) is 25.6 Å². The Morgan fingerprint density at radius 2 is 2.12 bits per heavy atom. The van der Waals surface area contributed by atoms with Gasteiger partial charge in [-0.15, -0.1) is 0 Å². The zero-order valence-electron chi connectivity index (χ0n) is 11.1. The molecule has 1 unspecified atom stereocenters. The fraction of sp³-hybridized carbons (Fsp3) is 0.923. The van der Waals surface area contributed by atoms with Crippen LogP contribution in [-0.2, 0) is 0 Å². The van der Waals surface area contributed by atoms with E-state index in [9.17, 15) is 5.26 Å². The van der Waals surface area contributed by atoms with Crippen LogP contribution in [0.5, 0.6) is 0 Å². The molecule has 0 aromatic heterocycles. The number of rotatable bonds is 7. The topological polar surface area (TPSA) is 39.1 Å². The molecule has 0 aliphatic heterocycles. The maximum atomic E-state index is 9.26. The van der Waals surface area contributed by atoms with Crippen molar-refractivity contribution in [3.8, 4) is 6.07 Å². The fourth-order valence-corrected chi connectivity index (χ4v) is 2.02. The van der Waals surface area contributed by atoms with Crippen molar-refractivity contribution in [3.63, 3.8) is 0 Å². The van der Waals surface area contributed by atoms with E-state index >= 15 is 0 Å². The van der Waals surface area contributed by atoms with Crippen molar-refractivity contribution in [1.29, 1.82) is 5.26 Å². The summed E-state index contributed by atoms with van der Waals surface area (Å²) in [6, 6.07) is 2.93. The zero-order valence-corrected chi connectivity index (χ0v) is 11.1.